The van der Waals surface area contributed by atoms with Crippen LogP contribution in [0.25, 0.3) is 11.1 Å². The SMILES string of the molecule is CC(C)(C(=O)O)c1ccc(-c2ccccc2)cn1. The summed E-state index contributed by atoms with van der Waals surface area (Å²) in [5.41, 5.74) is 1.66. The standard InChI is InChI=1S/C15H15NO2/c1-15(2,14(17)18)13-9-8-12(10-16-13)11-6-4-3-5-7-11/h3-10H,1-2H3,(H,17,18). The molecule has 0 radical (unpaired) electrons. The molecule has 1 aromatic carbocycles. The maximum Gasteiger partial charge on any atom is 0.315 e. The van der Waals surface area contributed by atoms with Crippen LogP contribution in [0, 0.1) is 0 Å². The molecule has 0 saturated heterocycles. The first-order valence-electron chi connectivity index (χ1n) is 5.77. The summed E-state index contributed by atoms with van der Waals surface area (Å²) in [5.74, 6) is -0.873. The minimum absolute atomic E-state index is 0.565. The van der Waals surface area contributed by atoms with Gasteiger partial charge in [-0.25, -0.2) is 0 Å². The molecular formula is C15H15NO2. The van der Waals surface area contributed by atoms with Crippen molar-refractivity contribution in [2.45, 2.75) is 19.3 Å². The summed E-state index contributed by atoms with van der Waals surface area (Å²) >= 11 is 0. The molecule has 0 aliphatic rings. The zero-order valence-corrected chi connectivity index (χ0v) is 10.4. The molecule has 2 rings (SSSR count). The number of rotatable bonds is 3. The Labute approximate surface area is 106 Å². The molecule has 0 spiro atoms. The van der Waals surface area contributed by atoms with Crippen LogP contribution in [0.3, 0.4) is 0 Å². The van der Waals surface area contributed by atoms with E-state index in [1.807, 2.05) is 36.4 Å². The molecule has 1 heterocycles. The molecule has 0 unspecified atom stereocenters. The molecule has 2 aromatic rings. The van der Waals surface area contributed by atoms with Gasteiger partial charge in [-0.15, -0.1) is 0 Å². The van der Waals surface area contributed by atoms with Gasteiger partial charge in [0.2, 0.25) is 0 Å². The number of carbonyl (C=O) groups is 1. The molecule has 1 aromatic heterocycles. The van der Waals surface area contributed by atoms with Crippen LogP contribution in [-0.2, 0) is 10.2 Å². The van der Waals surface area contributed by atoms with Gasteiger partial charge in [-0.05, 0) is 25.5 Å². The quantitative estimate of drug-likeness (QED) is 0.898. The van der Waals surface area contributed by atoms with Gasteiger partial charge in [-0.2, -0.15) is 0 Å². The lowest BCUT2D eigenvalue weighted by molar-refractivity contribution is -0.142. The van der Waals surface area contributed by atoms with Gasteiger partial charge in [0.1, 0.15) is 5.41 Å². The third-order valence-electron chi connectivity index (χ3n) is 3.05. The van der Waals surface area contributed by atoms with Crippen LogP contribution < -0.4 is 0 Å². The maximum absolute atomic E-state index is 11.1. The topological polar surface area (TPSA) is 50.2 Å². The van der Waals surface area contributed by atoms with E-state index in [0.29, 0.717) is 5.69 Å². The molecule has 3 heteroatoms. The number of hydrogen-bond donors (Lipinski definition) is 1. The first-order chi connectivity index (χ1) is 8.51. The Balaban J connectivity index is 2.35. The molecule has 0 saturated carbocycles. The van der Waals surface area contributed by atoms with Crippen LogP contribution in [0.15, 0.2) is 48.7 Å². The third kappa shape index (κ3) is 2.25. The Hall–Kier alpha value is -2.16. The predicted octanol–water partition coefficient (Wildman–Crippen LogP) is 3.11. The highest BCUT2D eigenvalue weighted by molar-refractivity contribution is 5.79. The number of aromatic nitrogens is 1. The van der Waals surface area contributed by atoms with Crippen LogP contribution >= 0.6 is 0 Å². The van der Waals surface area contributed by atoms with Gasteiger partial charge >= 0.3 is 5.97 Å². The number of aliphatic carboxylic acids is 1. The molecule has 0 bridgehead atoms. The van der Waals surface area contributed by atoms with Gasteiger partial charge < -0.3 is 5.11 Å². The Morgan fingerprint density at radius 2 is 1.72 bits per heavy atom. The number of hydrogen-bond acceptors (Lipinski definition) is 2. The van der Waals surface area contributed by atoms with E-state index < -0.39 is 11.4 Å². The first kappa shape index (κ1) is 12.3. The van der Waals surface area contributed by atoms with Gasteiger partial charge in [0.25, 0.3) is 0 Å². The molecule has 3 nitrogen and oxygen atoms in total. The average Bonchev–Trinajstić information content (AvgIpc) is 2.40. The van der Waals surface area contributed by atoms with Crippen LogP contribution in [0.2, 0.25) is 0 Å². The van der Waals surface area contributed by atoms with E-state index in [2.05, 4.69) is 4.98 Å². The van der Waals surface area contributed by atoms with Gasteiger partial charge in [0, 0.05) is 11.8 Å². The van der Waals surface area contributed by atoms with Gasteiger partial charge in [-0.1, -0.05) is 36.4 Å². The number of nitrogens with zero attached hydrogens (tertiary/aromatic N) is 1. The monoisotopic (exact) mass is 241 g/mol. The van der Waals surface area contributed by atoms with Gasteiger partial charge in [0.05, 0.1) is 5.69 Å². The van der Waals surface area contributed by atoms with E-state index >= 15 is 0 Å². The minimum atomic E-state index is -0.963. The number of benzene rings is 1. The molecule has 18 heavy (non-hydrogen) atoms. The predicted molar refractivity (Wildman–Crippen MR) is 70.3 cm³/mol. The Kier molecular flexibility index (Phi) is 3.15. The second-order valence-electron chi connectivity index (χ2n) is 4.73. The zero-order chi connectivity index (χ0) is 13.2. The van der Waals surface area contributed by atoms with E-state index in [9.17, 15) is 4.79 Å². The van der Waals surface area contributed by atoms with Gasteiger partial charge in [-0.3, -0.25) is 9.78 Å². The van der Waals surface area contributed by atoms with Crippen molar-refractivity contribution in [1.82, 2.24) is 4.98 Å². The second-order valence-corrected chi connectivity index (χ2v) is 4.73. The fraction of sp³-hybridized carbons (Fsp3) is 0.200. The van der Waals surface area contributed by atoms with E-state index in [-0.39, 0.29) is 0 Å². The highest BCUT2D eigenvalue weighted by Gasteiger charge is 2.30. The lowest BCUT2D eigenvalue weighted by Crippen LogP contribution is -2.29. The van der Waals surface area contributed by atoms with Crippen molar-refractivity contribution >= 4 is 5.97 Å². The number of carboxylic acids is 1. The molecule has 0 aliphatic heterocycles. The normalized spacial score (nSPS) is 11.2. The highest BCUT2D eigenvalue weighted by atomic mass is 16.4. The van der Waals surface area contributed by atoms with Crippen molar-refractivity contribution in [2.24, 2.45) is 0 Å². The summed E-state index contributed by atoms with van der Waals surface area (Å²) in [5, 5.41) is 9.14. The fourth-order valence-electron chi connectivity index (χ4n) is 1.67. The summed E-state index contributed by atoms with van der Waals surface area (Å²) in [6.45, 7) is 3.31. The summed E-state index contributed by atoms with van der Waals surface area (Å²) in [7, 11) is 0. The van der Waals surface area contributed by atoms with Crippen molar-refractivity contribution in [1.29, 1.82) is 0 Å². The number of carboxylic acid groups (broad SMARTS) is 1. The Morgan fingerprint density at radius 3 is 2.22 bits per heavy atom. The van der Waals surface area contributed by atoms with E-state index in [1.54, 1.807) is 26.1 Å². The molecule has 0 atom stereocenters. The van der Waals surface area contributed by atoms with Gasteiger partial charge in [0.15, 0.2) is 0 Å². The summed E-state index contributed by atoms with van der Waals surface area (Å²) in [6.07, 6.45) is 1.72. The van der Waals surface area contributed by atoms with Crippen molar-refractivity contribution in [3.63, 3.8) is 0 Å². The van der Waals surface area contributed by atoms with E-state index in [4.69, 9.17) is 5.11 Å². The third-order valence-corrected chi connectivity index (χ3v) is 3.05. The summed E-state index contributed by atoms with van der Waals surface area (Å²) < 4.78 is 0. The lowest BCUT2D eigenvalue weighted by Gasteiger charge is -2.18. The molecule has 1 N–H and O–H groups in total. The van der Waals surface area contributed by atoms with Crippen molar-refractivity contribution in [3.8, 4) is 11.1 Å². The Morgan fingerprint density at radius 1 is 1.06 bits per heavy atom. The maximum atomic E-state index is 11.1. The van der Waals surface area contributed by atoms with Crippen molar-refractivity contribution < 1.29 is 9.90 Å². The number of pyridine rings is 1. The Bertz CT molecular complexity index is 544. The highest BCUT2D eigenvalue weighted by Crippen LogP contribution is 2.24. The molecule has 0 aliphatic carbocycles. The largest absolute Gasteiger partial charge is 0.481 e. The van der Waals surface area contributed by atoms with Crippen molar-refractivity contribution in [2.75, 3.05) is 0 Å². The van der Waals surface area contributed by atoms with E-state index in [0.717, 1.165) is 11.1 Å². The lowest BCUT2D eigenvalue weighted by atomic mass is 9.88. The van der Waals surface area contributed by atoms with Crippen LogP contribution in [0.1, 0.15) is 19.5 Å². The van der Waals surface area contributed by atoms with Crippen LogP contribution in [-0.4, -0.2) is 16.1 Å². The molecular weight excluding hydrogens is 226 g/mol. The van der Waals surface area contributed by atoms with E-state index in [1.165, 1.54) is 0 Å². The smallest absolute Gasteiger partial charge is 0.315 e. The second kappa shape index (κ2) is 4.61. The van der Waals surface area contributed by atoms with Crippen LogP contribution in [0.4, 0.5) is 0 Å². The molecule has 92 valence electrons. The van der Waals surface area contributed by atoms with Crippen LogP contribution in [0.5, 0.6) is 0 Å². The fourth-order valence-corrected chi connectivity index (χ4v) is 1.67. The zero-order valence-electron chi connectivity index (χ0n) is 10.4. The molecule has 0 fully saturated rings. The van der Waals surface area contributed by atoms with Crippen molar-refractivity contribution in [3.05, 3.63) is 54.4 Å². The minimum Gasteiger partial charge on any atom is -0.481 e. The first-order valence-corrected chi connectivity index (χ1v) is 5.77. The summed E-state index contributed by atoms with van der Waals surface area (Å²) in [6, 6.07) is 13.6. The average molecular weight is 241 g/mol. The summed E-state index contributed by atoms with van der Waals surface area (Å²) in [4.78, 5) is 15.4. The molecule has 0 amide bonds.